The van der Waals surface area contributed by atoms with Gasteiger partial charge in [-0.05, 0) is 20.3 Å². The first-order chi connectivity index (χ1) is 8.19. The van der Waals surface area contributed by atoms with E-state index in [4.69, 9.17) is 8.85 Å². The van der Waals surface area contributed by atoms with Gasteiger partial charge in [0.15, 0.2) is 0 Å². The predicted octanol–water partition coefficient (Wildman–Crippen LogP) is 1.81. The van der Waals surface area contributed by atoms with Crippen LogP contribution in [0.3, 0.4) is 0 Å². The average molecular weight is 263 g/mol. The molecule has 0 spiro atoms. The van der Waals surface area contributed by atoms with Crippen molar-refractivity contribution in [2.45, 2.75) is 39.2 Å². The summed E-state index contributed by atoms with van der Waals surface area (Å²) in [5.74, 6) is 0. The molecule has 1 amide bonds. The molecule has 0 aliphatic rings. The SMILES string of the molecule is CCO[SiH](OCC)C(CC)CCNC(=O)OC. The van der Waals surface area contributed by atoms with Gasteiger partial charge in [-0.3, -0.25) is 0 Å². The molecule has 0 aliphatic carbocycles. The Balaban J connectivity index is 4.03. The Bertz CT molecular complexity index is 198. The van der Waals surface area contributed by atoms with Crippen LogP contribution >= 0.6 is 0 Å². The fourth-order valence-corrected chi connectivity index (χ4v) is 3.73. The Labute approximate surface area is 106 Å². The highest BCUT2D eigenvalue weighted by Gasteiger charge is 2.24. The summed E-state index contributed by atoms with van der Waals surface area (Å²) in [6.07, 6.45) is 1.51. The largest absolute Gasteiger partial charge is 0.453 e. The zero-order chi connectivity index (χ0) is 13.1. The van der Waals surface area contributed by atoms with Crippen LogP contribution in [0.5, 0.6) is 0 Å². The summed E-state index contributed by atoms with van der Waals surface area (Å²) in [7, 11) is -0.247. The molecule has 0 aliphatic heterocycles. The van der Waals surface area contributed by atoms with Gasteiger partial charge in [0.05, 0.1) is 7.11 Å². The highest BCUT2D eigenvalue weighted by Crippen LogP contribution is 2.20. The predicted molar refractivity (Wildman–Crippen MR) is 69.5 cm³/mol. The van der Waals surface area contributed by atoms with Gasteiger partial charge >= 0.3 is 15.4 Å². The van der Waals surface area contributed by atoms with Crippen molar-refractivity contribution in [3.05, 3.63) is 0 Å². The molecular weight excluding hydrogens is 238 g/mol. The summed E-state index contributed by atoms with van der Waals surface area (Å²) in [6.45, 7) is 8.09. The zero-order valence-electron chi connectivity index (χ0n) is 11.3. The number of rotatable bonds is 9. The van der Waals surface area contributed by atoms with Gasteiger partial charge in [-0.2, -0.15) is 0 Å². The van der Waals surface area contributed by atoms with E-state index in [1.165, 1.54) is 7.11 Å². The number of carbonyl (C=O) groups is 1. The van der Waals surface area contributed by atoms with Gasteiger partial charge in [0, 0.05) is 25.3 Å². The van der Waals surface area contributed by atoms with Crippen LogP contribution in [0.15, 0.2) is 0 Å². The zero-order valence-corrected chi connectivity index (χ0v) is 12.5. The standard InChI is InChI=1S/C11H25NO4Si/c1-5-10(8-9-12-11(13)14-4)17(15-6-2)16-7-3/h10,17H,5-9H2,1-4H3,(H,12,13). The molecule has 5 nitrogen and oxygen atoms in total. The number of hydrogen-bond acceptors (Lipinski definition) is 4. The minimum Gasteiger partial charge on any atom is -0.453 e. The number of hydrogen-bond donors (Lipinski definition) is 1. The van der Waals surface area contributed by atoms with E-state index in [2.05, 4.69) is 17.0 Å². The van der Waals surface area contributed by atoms with E-state index >= 15 is 0 Å². The molecule has 0 saturated heterocycles. The second-order valence-corrected chi connectivity index (χ2v) is 6.00. The Kier molecular flexibility index (Phi) is 10.2. The van der Waals surface area contributed by atoms with E-state index in [0.717, 1.165) is 12.8 Å². The smallest absolute Gasteiger partial charge is 0.406 e. The van der Waals surface area contributed by atoms with Crippen molar-refractivity contribution < 1.29 is 18.4 Å². The summed E-state index contributed by atoms with van der Waals surface area (Å²) in [5, 5.41) is 2.69. The van der Waals surface area contributed by atoms with Crippen LogP contribution in [-0.4, -0.2) is 42.2 Å². The van der Waals surface area contributed by atoms with Gasteiger partial charge in [0.1, 0.15) is 0 Å². The Morgan fingerprint density at radius 2 is 1.82 bits per heavy atom. The molecule has 0 bridgehead atoms. The molecular formula is C11H25NO4Si. The summed E-state index contributed by atoms with van der Waals surface area (Å²) < 4.78 is 15.9. The quantitative estimate of drug-likeness (QED) is 0.645. The topological polar surface area (TPSA) is 56.8 Å². The van der Waals surface area contributed by atoms with Crippen molar-refractivity contribution in [1.82, 2.24) is 5.32 Å². The Morgan fingerprint density at radius 3 is 2.24 bits per heavy atom. The third kappa shape index (κ3) is 7.35. The van der Waals surface area contributed by atoms with E-state index in [9.17, 15) is 4.79 Å². The van der Waals surface area contributed by atoms with Crippen molar-refractivity contribution in [1.29, 1.82) is 0 Å². The second-order valence-electron chi connectivity index (χ2n) is 3.65. The van der Waals surface area contributed by atoms with Crippen LogP contribution in [0.4, 0.5) is 4.79 Å². The maximum Gasteiger partial charge on any atom is 0.406 e. The van der Waals surface area contributed by atoms with Crippen LogP contribution in [0.25, 0.3) is 0 Å². The number of nitrogens with one attached hydrogen (secondary N) is 1. The molecule has 6 heteroatoms. The fourth-order valence-electron chi connectivity index (χ4n) is 1.61. The van der Waals surface area contributed by atoms with E-state index < -0.39 is 9.28 Å². The molecule has 17 heavy (non-hydrogen) atoms. The van der Waals surface area contributed by atoms with Gasteiger partial charge in [0.25, 0.3) is 0 Å². The minimum atomic E-state index is -1.61. The molecule has 0 aromatic rings. The van der Waals surface area contributed by atoms with Crippen molar-refractivity contribution in [2.75, 3.05) is 26.9 Å². The van der Waals surface area contributed by atoms with Gasteiger partial charge in [-0.1, -0.05) is 13.3 Å². The fraction of sp³-hybridized carbons (Fsp3) is 0.909. The highest BCUT2D eigenvalue weighted by molar-refractivity contribution is 6.46. The molecule has 0 rings (SSSR count). The van der Waals surface area contributed by atoms with E-state index in [1.54, 1.807) is 0 Å². The van der Waals surface area contributed by atoms with Crippen LogP contribution in [0.2, 0.25) is 5.54 Å². The third-order valence-electron chi connectivity index (χ3n) is 2.54. The van der Waals surface area contributed by atoms with Gasteiger partial charge < -0.3 is 18.9 Å². The normalized spacial score (nSPS) is 12.5. The number of amides is 1. The highest BCUT2D eigenvalue weighted by atomic mass is 28.3. The molecule has 0 heterocycles. The van der Waals surface area contributed by atoms with Gasteiger partial charge in [-0.15, -0.1) is 0 Å². The van der Waals surface area contributed by atoms with Crippen molar-refractivity contribution in [2.24, 2.45) is 0 Å². The molecule has 1 N–H and O–H groups in total. The van der Waals surface area contributed by atoms with Crippen LogP contribution < -0.4 is 5.32 Å². The van der Waals surface area contributed by atoms with Crippen molar-refractivity contribution >= 4 is 15.4 Å². The number of alkyl carbamates (subject to hydrolysis) is 1. The molecule has 0 aromatic carbocycles. The lowest BCUT2D eigenvalue weighted by Gasteiger charge is -2.23. The molecule has 0 fully saturated rings. The van der Waals surface area contributed by atoms with E-state index in [1.807, 2.05) is 13.8 Å². The lowest BCUT2D eigenvalue weighted by molar-refractivity contribution is 0.169. The number of ether oxygens (including phenoxy) is 1. The lowest BCUT2D eigenvalue weighted by Crippen LogP contribution is -2.32. The maximum atomic E-state index is 10.9. The van der Waals surface area contributed by atoms with Crippen LogP contribution in [0.1, 0.15) is 33.6 Å². The maximum absolute atomic E-state index is 10.9. The van der Waals surface area contributed by atoms with Gasteiger partial charge in [-0.25, -0.2) is 4.79 Å². The minimum absolute atomic E-state index is 0.383. The van der Waals surface area contributed by atoms with Crippen LogP contribution in [0, 0.1) is 0 Å². The second kappa shape index (κ2) is 10.6. The monoisotopic (exact) mass is 263 g/mol. The first kappa shape index (κ1) is 16.4. The number of methoxy groups -OCH3 is 1. The van der Waals surface area contributed by atoms with Crippen LogP contribution in [-0.2, 0) is 13.6 Å². The summed E-state index contributed by atoms with van der Waals surface area (Å²) in [5.41, 5.74) is 0.423. The first-order valence-electron chi connectivity index (χ1n) is 6.24. The molecule has 1 unspecified atom stereocenters. The number of carbonyl (C=O) groups excluding carboxylic acids is 1. The third-order valence-corrected chi connectivity index (χ3v) is 5.44. The van der Waals surface area contributed by atoms with Gasteiger partial charge in [0.2, 0.25) is 0 Å². The van der Waals surface area contributed by atoms with E-state index in [0.29, 0.717) is 25.3 Å². The molecule has 0 saturated carbocycles. The molecule has 102 valence electrons. The average Bonchev–Trinajstić information content (AvgIpc) is 2.34. The van der Waals surface area contributed by atoms with Crippen molar-refractivity contribution in [3.8, 4) is 0 Å². The summed E-state index contributed by atoms with van der Waals surface area (Å²) in [6, 6.07) is 0. The lowest BCUT2D eigenvalue weighted by atomic mass is 10.2. The summed E-state index contributed by atoms with van der Waals surface area (Å²) >= 11 is 0. The summed E-state index contributed by atoms with van der Waals surface area (Å²) in [4.78, 5) is 10.9. The molecule has 1 atom stereocenters. The Hall–Kier alpha value is -0.593. The first-order valence-corrected chi connectivity index (χ1v) is 7.85. The van der Waals surface area contributed by atoms with E-state index in [-0.39, 0.29) is 6.09 Å². The Morgan fingerprint density at radius 1 is 1.24 bits per heavy atom. The van der Waals surface area contributed by atoms with Crippen molar-refractivity contribution in [3.63, 3.8) is 0 Å². The molecule has 0 aromatic heterocycles. The molecule has 0 radical (unpaired) electrons.